The maximum absolute atomic E-state index is 5.58. The van der Waals surface area contributed by atoms with Gasteiger partial charge in [-0.05, 0) is 52.2 Å². The molecule has 2 aromatic rings. The topological polar surface area (TPSA) is 43.4 Å². The molecule has 1 aliphatic heterocycles. The first-order valence-corrected chi connectivity index (χ1v) is 7.26. The van der Waals surface area contributed by atoms with Gasteiger partial charge in [-0.3, -0.25) is 0 Å². The van der Waals surface area contributed by atoms with Gasteiger partial charge in [-0.1, -0.05) is 6.07 Å². The SMILES string of the molecule is Cc1cc(Br)cnc1NCc1ccc2c(c1)OCCO2. The van der Waals surface area contributed by atoms with Crippen molar-refractivity contribution in [1.29, 1.82) is 0 Å². The van der Waals surface area contributed by atoms with Crippen molar-refractivity contribution in [3.05, 3.63) is 46.1 Å². The van der Waals surface area contributed by atoms with E-state index >= 15 is 0 Å². The number of hydrogen-bond acceptors (Lipinski definition) is 4. The zero-order valence-electron chi connectivity index (χ0n) is 11.1. The molecule has 0 spiro atoms. The van der Waals surface area contributed by atoms with Crippen LogP contribution in [0.3, 0.4) is 0 Å². The van der Waals surface area contributed by atoms with E-state index in [1.807, 2.05) is 31.2 Å². The molecule has 20 heavy (non-hydrogen) atoms. The minimum absolute atomic E-state index is 0.608. The van der Waals surface area contributed by atoms with Gasteiger partial charge in [0.25, 0.3) is 0 Å². The largest absolute Gasteiger partial charge is 0.486 e. The van der Waals surface area contributed by atoms with Gasteiger partial charge in [-0.2, -0.15) is 0 Å². The molecule has 0 radical (unpaired) electrons. The first kappa shape index (κ1) is 13.2. The van der Waals surface area contributed by atoms with Crippen molar-refractivity contribution in [2.45, 2.75) is 13.5 Å². The maximum atomic E-state index is 5.58. The standard InChI is InChI=1S/C15H15BrN2O2/c1-10-6-12(16)9-18-15(10)17-8-11-2-3-13-14(7-11)20-5-4-19-13/h2-3,6-7,9H,4-5,8H2,1H3,(H,17,18). The van der Waals surface area contributed by atoms with E-state index in [2.05, 4.69) is 26.2 Å². The van der Waals surface area contributed by atoms with Gasteiger partial charge >= 0.3 is 0 Å². The molecular weight excluding hydrogens is 320 g/mol. The van der Waals surface area contributed by atoms with Gasteiger partial charge in [0.1, 0.15) is 19.0 Å². The van der Waals surface area contributed by atoms with E-state index in [9.17, 15) is 0 Å². The maximum Gasteiger partial charge on any atom is 0.161 e. The van der Waals surface area contributed by atoms with Crippen LogP contribution in [0.1, 0.15) is 11.1 Å². The van der Waals surface area contributed by atoms with Gasteiger partial charge in [-0.15, -0.1) is 0 Å². The first-order valence-electron chi connectivity index (χ1n) is 6.47. The average molecular weight is 335 g/mol. The van der Waals surface area contributed by atoms with Crippen LogP contribution in [0.5, 0.6) is 11.5 Å². The highest BCUT2D eigenvalue weighted by atomic mass is 79.9. The fourth-order valence-electron chi connectivity index (χ4n) is 2.11. The Morgan fingerprint density at radius 3 is 2.80 bits per heavy atom. The zero-order valence-corrected chi connectivity index (χ0v) is 12.7. The van der Waals surface area contributed by atoms with Crippen LogP contribution < -0.4 is 14.8 Å². The normalized spacial score (nSPS) is 13.1. The lowest BCUT2D eigenvalue weighted by molar-refractivity contribution is 0.171. The molecule has 1 aromatic carbocycles. The van der Waals surface area contributed by atoms with Crippen LogP contribution in [0.15, 0.2) is 34.9 Å². The molecule has 1 aromatic heterocycles. The minimum atomic E-state index is 0.608. The Kier molecular flexibility index (Phi) is 3.78. The van der Waals surface area contributed by atoms with Crippen LogP contribution in [0.25, 0.3) is 0 Å². The highest BCUT2D eigenvalue weighted by Gasteiger charge is 2.11. The number of aryl methyl sites for hydroxylation is 1. The summed E-state index contributed by atoms with van der Waals surface area (Å²) in [6.45, 7) is 3.96. The smallest absolute Gasteiger partial charge is 0.161 e. The van der Waals surface area contributed by atoms with Gasteiger partial charge in [0.15, 0.2) is 11.5 Å². The Balaban J connectivity index is 1.72. The Hall–Kier alpha value is -1.75. The van der Waals surface area contributed by atoms with Crippen molar-refractivity contribution in [2.24, 2.45) is 0 Å². The number of nitrogens with zero attached hydrogens (tertiary/aromatic N) is 1. The minimum Gasteiger partial charge on any atom is -0.486 e. The van der Waals surface area contributed by atoms with E-state index in [0.29, 0.717) is 19.8 Å². The second-order valence-corrected chi connectivity index (χ2v) is 5.57. The highest BCUT2D eigenvalue weighted by molar-refractivity contribution is 9.10. The number of aromatic nitrogens is 1. The lowest BCUT2D eigenvalue weighted by Gasteiger charge is -2.19. The molecule has 0 amide bonds. The lowest BCUT2D eigenvalue weighted by atomic mass is 10.2. The summed E-state index contributed by atoms with van der Waals surface area (Å²) in [6, 6.07) is 8.04. The number of anilines is 1. The van der Waals surface area contributed by atoms with Crippen LogP contribution in [0.4, 0.5) is 5.82 Å². The summed E-state index contributed by atoms with van der Waals surface area (Å²) in [5.74, 6) is 2.53. The fourth-order valence-corrected chi connectivity index (χ4v) is 2.55. The lowest BCUT2D eigenvalue weighted by Crippen LogP contribution is -2.15. The van der Waals surface area contributed by atoms with Crippen molar-refractivity contribution in [3.8, 4) is 11.5 Å². The van der Waals surface area contributed by atoms with Crippen molar-refractivity contribution in [2.75, 3.05) is 18.5 Å². The number of nitrogens with one attached hydrogen (secondary N) is 1. The molecule has 0 bridgehead atoms. The van der Waals surface area contributed by atoms with Gasteiger partial charge in [0.05, 0.1) is 0 Å². The van der Waals surface area contributed by atoms with Gasteiger partial charge < -0.3 is 14.8 Å². The quantitative estimate of drug-likeness (QED) is 0.932. The van der Waals surface area contributed by atoms with Crippen molar-refractivity contribution in [3.63, 3.8) is 0 Å². The van der Waals surface area contributed by atoms with Crippen molar-refractivity contribution in [1.82, 2.24) is 4.98 Å². The van der Waals surface area contributed by atoms with Gasteiger partial charge in [-0.25, -0.2) is 4.98 Å². The number of fused-ring (bicyclic) bond motifs is 1. The van der Waals surface area contributed by atoms with E-state index in [4.69, 9.17) is 9.47 Å². The van der Waals surface area contributed by atoms with E-state index in [1.165, 1.54) is 0 Å². The zero-order chi connectivity index (χ0) is 13.9. The number of halogens is 1. The second kappa shape index (κ2) is 5.71. The van der Waals surface area contributed by atoms with Crippen LogP contribution >= 0.6 is 15.9 Å². The Morgan fingerprint density at radius 1 is 1.20 bits per heavy atom. The third kappa shape index (κ3) is 2.88. The molecule has 2 heterocycles. The highest BCUT2D eigenvalue weighted by Crippen LogP contribution is 2.31. The summed E-state index contributed by atoms with van der Waals surface area (Å²) in [5, 5.41) is 3.33. The van der Waals surface area contributed by atoms with E-state index < -0.39 is 0 Å². The summed E-state index contributed by atoms with van der Waals surface area (Å²) in [6.07, 6.45) is 1.79. The molecule has 0 unspecified atom stereocenters. The van der Waals surface area contributed by atoms with Crippen LogP contribution in [0, 0.1) is 6.92 Å². The molecule has 1 N–H and O–H groups in total. The number of benzene rings is 1. The summed E-state index contributed by atoms with van der Waals surface area (Å²) >= 11 is 3.41. The predicted octanol–water partition coefficient (Wildman–Crippen LogP) is 3.54. The molecule has 3 rings (SSSR count). The summed E-state index contributed by atoms with van der Waals surface area (Å²) in [7, 11) is 0. The molecule has 0 saturated carbocycles. The van der Waals surface area contributed by atoms with E-state index in [0.717, 1.165) is 32.9 Å². The molecule has 104 valence electrons. The van der Waals surface area contributed by atoms with Crippen molar-refractivity contribution >= 4 is 21.7 Å². The van der Waals surface area contributed by atoms with Crippen LogP contribution in [-0.2, 0) is 6.54 Å². The Morgan fingerprint density at radius 2 is 2.00 bits per heavy atom. The van der Waals surface area contributed by atoms with Crippen LogP contribution in [0.2, 0.25) is 0 Å². The Labute approximate surface area is 126 Å². The molecule has 1 aliphatic rings. The summed E-state index contributed by atoms with van der Waals surface area (Å²) in [5.41, 5.74) is 2.25. The van der Waals surface area contributed by atoms with Crippen LogP contribution in [-0.4, -0.2) is 18.2 Å². The number of hydrogen-bond donors (Lipinski definition) is 1. The number of ether oxygens (including phenoxy) is 2. The molecule has 0 atom stereocenters. The molecule has 5 heteroatoms. The van der Waals surface area contributed by atoms with Gasteiger partial charge in [0, 0.05) is 17.2 Å². The number of rotatable bonds is 3. The predicted molar refractivity (Wildman–Crippen MR) is 81.4 cm³/mol. The first-order chi connectivity index (χ1) is 9.72. The van der Waals surface area contributed by atoms with Gasteiger partial charge in [0.2, 0.25) is 0 Å². The molecule has 0 saturated heterocycles. The summed E-state index contributed by atoms with van der Waals surface area (Å²) in [4.78, 5) is 4.37. The average Bonchev–Trinajstić information content (AvgIpc) is 2.46. The molecule has 0 fully saturated rings. The van der Waals surface area contributed by atoms with E-state index in [-0.39, 0.29) is 0 Å². The number of pyridine rings is 1. The third-order valence-electron chi connectivity index (χ3n) is 3.11. The third-order valence-corrected chi connectivity index (χ3v) is 3.55. The Bertz CT molecular complexity index is 631. The van der Waals surface area contributed by atoms with E-state index in [1.54, 1.807) is 6.20 Å². The monoisotopic (exact) mass is 334 g/mol. The molecule has 4 nitrogen and oxygen atoms in total. The molecule has 0 aliphatic carbocycles. The summed E-state index contributed by atoms with van der Waals surface area (Å²) < 4.78 is 12.1. The van der Waals surface area contributed by atoms with Crippen molar-refractivity contribution < 1.29 is 9.47 Å². The second-order valence-electron chi connectivity index (χ2n) is 4.65. The molecular formula is C15H15BrN2O2. The fraction of sp³-hybridized carbons (Fsp3) is 0.267.